The van der Waals surface area contributed by atoms with Crippen LogP contribution in [0.15, 0.2) is 48.5 Å². The van der Waals surface area contributed by atoms with E-state index in [0.717, 1.165) is 30.0 Å². The Morgan fingerprint density at radius 2 is 1.83 bits per heavy atom. The zero-order chi connectivity index (χ0) is 20.2. The average Bonchev–Trinajstić information content (AvgIpc) is 3.11. The highest BCUT2D eigenvalue weighted by Gasteiger charge is 2.34. The maximum atomic E-state index is 13.1. The maximum Gasteiger partial charge on any atom is 0.229 e. The van der Waals surface area contributed by atoms with Gasteiger partial charge in [-0.3, -0.25) is 9.59 Å². The molecule has 7 heteroatoms. The molecule has 6 nitrogen and oxygen atoms in total. The Morgan fingerprint density at radius 3 is 2.59 bits per heavy atom. The summed E-state index contributed by atoms with van der Waals surface area (Å²) in [4.78, 5) is 29.1. The van der Waals surface area contributed by atoms with Crippen molar-refractivity contribution in [1.29, 1.82) is 0 Å². The second-order valence-electron chi connectivity index (χ2n) is 7.41. The maximum absolute atomic E-state index is 13.1. The monoisotopic (exact) mass is 397 g/mol. The summed E-state index contributed by atoms with van der Waals surface area (Å²) in [5.41, 5.74) is 2.57. The number of anilines is 2. The highest BCUT2D eigenvalue weighted by Crippen LogP contribution is 2.28. The van der Waals surface area contributed by atoms with Crippen molar-refractivity contribution in [3.05, 3.63) is 59.9 Å². The van der Waals surface area contributed by atoms with Gasteiger partial charge in [0.2, 0.25) is 11.8 Å². The van der Waals surface area contributed by atoms with Crippen LogP contribution in [-0.4, -0.2) is 49.6 Å². The predicted molar refractivity (Wildman–Crippen MR) is 108 cm³/mol. The molecule has 2 saturated heterocycles. The van der Waals surface area contributed by atoms with E-state index < -0.39 is 5.92 Å². The van der Waals surface area contributed by atoms with Crippen LogP contribution in [0.25, 0.3) is 0 Å². The molecule has 0 spiro atoms. The van der Waals surface area contributed by atoms with Crippen LogP contribution in [0.2, 0.25) is 0 Å². The van der Waals surface area contributed by atoms with Crippen LogP contribution in [0.4, 0.5) is 15.8 Å². The van der Waals surface area contributed by atoms with Gasteiger partial charge in [0.15, 0.2) is 0 Å². The van der Waals surface area contributed by atoms with Crippen molar-refractivity contribution in [2.75, 3.05) is 43.1 Å². The summed E-state index contributed by atoms with van der Waals surface area (Å²) < 4.78 is 18.5. The summed E-state index contributed by atoms with van der Waals surface area (Å²) in [6.07, 6.45) is 0.187. The van der Waals surface area contributed by atoms with E-state index in [1.165, 1.54) is 12.1 Å². The Morgan fingerprint density at radius 1 is 1.10 bits per heavy atom. The third-order valence-electron chi connectivity index (χ3n) is 5.39. The van der Waals surface area contributed by atoms with Crippen molar-refractivity contribution in [2.45, 2.75) is 13.0 Å². The Bertz CT molecular complexity index is 881. The van der Waals surface area contributed by atoms with Crippen molar-refractivity contribution >= 4 is 23.2 Å². The molecular formula is C22H24FN3O3. The van der Waals surface area contributed by atoms with Crippen LogP contribution in [0.3, 0.4) is 0 Å². The number of amides is 2. The minimum Gasteiger partial charge on any atom is -0.378 e. The number of para-hydroxylation sites is 2. The fraction of sp³-hybridized carbons (Fsp3) is 0.364. The molecule has 152 valence electrons. The number of nitrogens with one attached hydrogen (secondary N) is 1. The summed E-state index contributed by atoms with van der Waals surface area (Å²) in [7, 11) is 0. The fourth-order valence-corrected chi connectivity index (χ4v) is 3.80. The van der Waals surface area contributed by atoms with Crippen molar-refractivity contribution < 1.29 is 18.7 Å². The number of rotatable bonds is 5. The van der Waals surface area contributed by atoms with E-state index in [1.54, 1.807) is 17.0 Å². The summed E-state index contributed by atoms with van der Waals surface area (Å²) >= 11 is 0. The number of carbonyl (C=O) groups is 2. The van der Waals surface area contributed by atoms with E-state index in [1.807, 2.05) is 24.3 Å². The molecule has 2 aliphatic heterocycles. The van der Waals surface area contributed by atoms with E-state index in [4.69, 9.17) is 4.74 Å². The Kier molecular flexibility index (Phi) is 5.76. The van der Waals surface area contributed by atoms with Gasteiger partial charge in [0.25, 0.3) is 0 Å². The van der Waals surface area contributed by atoms with Crippen molar-refractivity contribution in [3.63, 3.8) is 0 Å². The molecule has 1 atom stereocenters. The number of hydrogen-bond acceptors (Lipinski definition) is 4. The molecule has 1 unspecified atom stereocenters. The molecule has 2 aromatic carbocycles. The molecule has 0 bridgehead atoms. The number of likely N-dealkylation sites (tertiary alicyclic amines) is 1. The standard InChI is InChI=1S/C22H24FN3O3/c23-18-7-5-16(6-8-18)14-26-15-17(13-21(26)27)22(28)24-19-3-1-2-4-20(19)25-9-11-29-12-10-25/h1-8,17H,9-15H2,(H,24,28). The van der Waals surface area contributed by atoms with Crippen molar-refractivity contribution in [2.24, 2.45) is 5.92 Å². The Balaban J connectivity index is 1.40. The van der Waals surface area contributed by atoms with Gasteiger partial charge in [-0.2, -0.15) is 0 Å². The molecule has 0 aromatic heterocycles. The van der Waals surface area contributed by atoms with Crippen molar-refractivity contribution in [3.8, 4) is 0 Å². The van der Waals surface area contributed by atoms with Gasteiger partial charge in [0.05, 0.1) is 30.5 Å². The van der Waals surface area contributed by atoms with Crippen LogP contribution in [0.1, 0.15) is 12.0 Å². The van der Waals surface area contributed by atoms with E-state index >= 15 is 0 Å². The predicted octanol–water partition coefficient (Wildman–Crippen LogP) is 2.65. The first kappa shape index (κ1) is 19.4. The van der Waals surface area contributed by atoms with Gasteiger partial charge >= 0.3 is 0 Å². The number of carbonyl (C=O) groups excluding carboxylic acids is 2. The topological polar surface area (TPSA) is 61.9 Å². The third kappa shape index (κ3) is 4.56. The van der Waals surface area contributed by atoms with Gasteiger partial charge in [-0.05, 0) is 29.8 Å². The second kappa shape index (κ2) is 8.61. The van der Waals surface area contributed by atoms with Gasteiger partial charge in [-0.25, -0.2) is 4.39 Å². The molecule has 1 N–H and O–H groups in total. The lowest BCUT2D eigenvalue weighted by Gasteiger charge is -2.30. The van der Waals surface area contributed by atoms with Gasteiger partial charge in [-0.1, -0.05) is 24.3 Å². The summed E-state index contributed by atoms with van der Waals surface area (Å²) in [5, 5.41) is 3.01. The average molecular weight is 397 g/mol. The summed E-state index contributed by atoms with van der Waals surface area (Å²) in [5.74, 6) is -0.921. The minimum absolute atomic E-state index is 0.0593. The number of nitrogens with zero attached hydrogens (tertiary/aromatic N) is 2. The highest BCUT2D eigenvalue weighted by atomic mass is 19.1. The molecule has 0 saturated carbocycles. The zero-order valence-corrected chi connectivity index (χ0v) is 16.1. The van der Waals surface area contributed by atoms with Crippen LogP contribution >= 0.6 is 0 Å². The van der Waals surface area contributed by atoms with Gasteiger partial charge in [-0.15, -0.1) is 0 Å². The molecule has 0 aliphatic carbocycles. The molecule has 2 amide bonds. The van der Waals surface area contributed by atoms with E-state index in [2.05, 4.69) is 10.2 Å². The largest absolute Gasteiger partial charge is 0.378 e. The smallest absolute Gasteiger partial charge is 0.229 e. The molecule has 0 radical (unpaired) electrons. The van der Waals surface area contributed by atoms with E-state index in [-0.39, 0.29) is 24.1 Å². The number of halogens is 1. The number of morpholine rings is 1. The molecule has 29 heavy (non-hydrogen) atoms. The molecule has 2 fully saturated rings. The molecule has 4 rings (SSSR count). The quantitative estimate of drug-likeness (QED) is 0.843. The zero-order valence-electron chi connectivity index (χ0n) is 16.1. The molecular weight excluding hydrogens is 373 g/mol. The normalized spacial score (nSPS) is 19.5. The molecule has 2 aromatic rings. The number of benzene rings is 2. The molecule has 2 heterocycles. The van der Waals surface area contributed by atoms with Gasteiger partial charge in [0, 0.05) is 32.6 Å². The first-order valence-corrected chi connectivity index (χ1v) is 9.85. The lowest BCUT2D eigenvalue weighted by molar-refractivity contribution is -0.128. The van der Waals surface area contributed by atoms with Crippen LogP contribution in [-0.2, 0) is 20.9 Å². The lowest BCUT2D eigenvalue weighted by Crippen LogP contribution is -2.37. The first-order chi connectivity index (χ1) is 14.1. The summed E-state index contributed by atoms with van der Waals surface area (Å²) in [6.45, 7) is 3.63. The van der Waals surface area contributed by atoms with Crippen LogP contribution in [0, 0.1) is 11.7 Å². The third-order valence-corrected chi connectivity index (χ3v) is 5.39. The van der Waals surface area contributed by atoms with Crippen LogP contribution in [0.5, 0.6) is 0 Å². The van der Waals surface area contributed by atoms with E-state index in [0.29, 0.717) is 26.3 Å². The Hall–Kier alpha value is -2.93. The second-order valence-corrected chi connectivity index (χ2v) is 7.41. The van der Waals surface area contributed by atoms with Gasteiger partial charge in [0.1, 0.15) is 5.82 Å². The number of ether oxygens (including phenoxy) is 1. The van der Waals surface area contributed by atoms with Gasteiger partial charge < -0.3 is 19.9 Å². The van der Waals surface area contributed by atoms with E-state index in [9.17, 15) is 14.0 Å². The lowest BCUT2D eigenvalue weighted by atomic mass is 10.1. The van der Waals surface area contributed by atoms with Crippen LogP contribution < -0.4 is 10.2 Å². The minimum atomic E-state index is -0.402. The Labute approximate surface area is 169 Å². The summed E-state index contributed by atoms with van der Waals surface area (Å²) in [6, 6.07) is 13.8. The SMILES string of the molecule is O=C(Nc1ccccc1N1CCOCC1)C1CC(=O)N(Cc2ccc(F)cc2)C1. The molecule has 2 aliphatic rings. The first-order valence-electron chi connectivity index (χ1n) is 9.85. The highest BCUT2D eigenvalue weighted by molar-refractivity contribution is 5.99. The number of hydrogen-bond donors (Lipinski definition) is 1. The van der Waals surface area contributed by atoms with Crippen molar-refractivity contribution in [1.82, 2.24) is 4.90 Å². The fourth-order valence-electron chi connectivity index (χ4n) is 3.80.